The van der Waals surface area contributed by atoms with Gasteiger partial charge in [-0.2, -0.15) is 0 Å². The summed E-state index contributed by atoms with van der Waals surface area (Å²) in [5.74, 6) is 0.530. The Hall–Kier alpha value is -3.52. The Kier molecular flexibility index (Phi) is 6.81. The fourth-order valence-electron chi connectivity index (χ4n) is 3.02. The highest BCUT2D eigenvalue weighted by atomic mass is 32.2. The maximum Gasteiger partial charge on any atom is 0.264 e. The first-order valence-electron chi connectivity index (χ1n) is 9.51. The van der Waals surface area contributed by atoms with Crippen LogP contribution in [-0.4, -0.2) is 35.1 Å². The van der Waals surface area contributed by atoms with Gasteiger partial charge in [0.25, 0.3) is 10.0 Å². The third kappa shape index (κ3) is 5.16. The molecule has 0 heterocycles. The van der Waals surface area contributed by atoms with Crippen molar-refractivity contribution in [2.45, 2.75) is 11.8 Å². The van der Waals surface area contributed by atoms with Crippen LogP contribution in [0.25, 0.3) is 0 Å². The number of sulfonamides is 1. The number of benzene rings is 3. The fraction of sp³-hybridized carbons (Fsp3) is 0.174. The summed E-state index contributed by atoms with van der Waals surface area (Å²) in [4.78, 5) is 12.9. The number of anilines is 2. The zero-order valence-corrected chi connectivity index (χ0v) is 18.3. The predicted molar refractivity (Wildman–Crippen MR) is 120 cm³/mol. The predicted octanol–water partition coefficient (Wildman–Crippen LogP) is 3.85. The number of nitrogens with zero attached hydrogens (tertiary/aromatic N) is 1. The summed E-state index contributed by atoms with van der Waals surface area (Å²) in [6, 6.07) is 19.9. The highest BCUT2D eigenvalue weighted by molar-refractivity contribution is 7.92. The molecule has 0 spiro atoms. The molecule has 162 valence electrons. The smallest absolute Gasteiger partial charge is 0.264 e. The van der Waals surface area contributed by atoms with Gasteiger partial charge in [-0.3, -0.25) is 9.10 Å². The Bertz CT molecular complexity index is 1150. The molecular weight excluding hydrogens is 416 g/mol. The lowest BCUT2D eigenvalue weighted by Crippen LogP contribution is -2.38. The summed E-state index contributed by atoms with van der Waals surface area (Å²) in [5, 5.41) is 2.75. The van der Waals surface area contributed by atoms with Crippen LogP contribution in [0.2, 0.25) is 0 Å². The van der Waals surface area contributed by atoms with Crippen molar-refractivity contribution in [1.82, 2.24) is 0 Å². The number of para-hydroxylation sites is 1. The van der Waals surface area contributed by atoms with Crippen LogP contribution in [0, 0.1) is 6.92 Å². The molecule has 0 radical (unpaired) electrons. The van der Waals surface area contributed by atoms with Gasteiger partial charge in [-0.1, -0.05) is 24.3 Å². The second kappa shape index (κ2) is 9.53. The molecular formula is C23H24N2O5S. The number of carbonyl (C=O) groups excluding carboxylic acids is 1. The number of hydrogen-bond donors (Lipinski definition) is 1. The molecule has 0 saturated heterocycles. The number of ether oxygens (including phenoxy) is 2. The van der Waals surface area contributed by atoms with Crippen molar-refractivity contribution >= 4 is 27.3 Å². The lowest BCUT2D eigenvalue weighted by atomic mass is 10.2. The average molecular weight is 441 g/mol. The third-order valence-electron chi connectivity index (χ3n) is 4.61. The molecule has 31 heavy (non-hydrogen) atoms. The van der Waals surface area contributed by atoms with Crippen molar-refractivity contribution in [1.29, 1.82) is 0 Å². The molecule has 0 fully saturated rings. The molecule has 0 aliphatic carbocycles. The molecule has 1 amide bonds. The first-order valence-corrected chi connectivity index (χ1v) is 11.0. The molecule has 3 rings (SSSR count). The van der Waals surface area contributed by atoms with Gasteiger partial charge in [-0.25, -0.2) is 8.42 Å². The van der Waals surface area contributed by atoms with Gasteiger partial charge in [0.1, 0.15) is 18.0 Å². The number of methoxy groups -OCH3 is 2. The Balaban J connectivity index is 1.93. The molecule has 3 aromatic carbocycles. The van der Waals surface area contributed by atoms with Crippen LogP contribution in [0.5, 0.6) is 11.5 Å². The van der Waals surface area contributed by atoms with Gasteiger partial charge in [-0.15, -0.1) is 0 Å². The molecule has 3 aromatic rings. The highest BCUT2D eigenvalue weighted by Gasteiger charge is 2.27. The van der Waals surface area contributed by atoms with Crippen molar-refractivity contribution in [2.75, 3.05) is 30.4 Å². The van der Waals surface area contributed by atoms with Crippen LogP contribution in [0.4, 0.5) is 11.4 Å². The maximum atomic E-state index is 13.4. The van der Waals surface area contributed by atoms with Crippen molar-refractivity contribution in [3.05, 3.63) is 78.4 Å². The van der Waals surface area contributed by atoms with Crippen LogP contribution in [-0.2, 0) is 14.8 Å². The Morgan fingerprint density at radius 3 is 2.23 bits per heavy atom. The standard InChI is InChI=1S/C23H24N2O5S/c1-17-9-14-22(30-3)21(15-17)24-23(26)16-25(18-7-5-4-6-8-18)31(27,28)20-12-10-19(29-2)11-13-20/h4-15H,16H2,1-3H3,(H,24,26). The minimum atomic E-state index is -4.00. The van der Waals surface area contributed by atoms with Gasteiger partial charge in [-0.05, 0) is 61.0 Å². The Morgan fingerprint density at radius 1 is 0.935 bits per heavy atom. The first kappa shape index (κ1) is 22.2. The van der Waals surface area contributed by atoms with E-state index in [1.165, 1.54) is 26.4 Å². The van der Waals surface area contributed by atoms with E-state index in [4.69, 9.17) is 9.47 Å². The van der Waals surface area contributed by atoms with E-state index in [0.717, 1.165) is 9.87 Å². The van der Waals surface area contributed by atoms with Crippen LogP contribution in [0.3, 0.4) is 0 Å². The second-order valence-corrected chi connectivity index (χ2v) is 8.64. The summed E-state index contributed by atoms with van der Waals surface area (Å²) >= 11 is 0. The number of hydrogen-bond acceptors (Lipinski definition) is 5. The quantitative estimate of drug-likeness (QED) is 0.575. The summed E-state index contributed by atoms with van der Waals surface area (Å²) in [6.07, 6.45) is 0. The minimum absolute atomic E-state index is 0.0538. The minimum Gasteiger partial charge on any atom is -0.497 e. The van der Waals surface area contributed by atoms with Crippen molar-refractivity contribution in [3.8, 4) is 11.5 Å². The maximum absolute atomic E-state index is 13.4. The zero-order valence-electron chi connectivity index (χ0n) is 17.5. The fourth-order valence-corrected chi connectivity index (χ4v) is 4.44. The second-order valence-electron chi connectivity index (χ2n) is 6.77. The summed E-state index contributed by atoms with van der Waals surface area (Å²) in [5.41, 5.74) is 1.79. The van der Waals surface area contributed by atoms with E-state index in [-0.39, 0.29) is 4.90 Å². The Morgan fingerprint density at radius 2 is 1.61 bits per heavy atom. The molecule has 1 N–H and O–H groups in total. The average Bonchev–Trinajstić information content (AvgIpc) is 2.78. The number of amides is 1. The molecule has 0 aliphatic heterocycles. The highest BCUT2D eigenvalue weighted by Crippen LogP contribution is 2.27. The monoisotopic (exact) mass is 440 g/mol. The molecule has 0 aromatic heterocycles. The van der Waals surface area contributed by atoms with Crippen molar-refractivity contribution in [3.63, 3.8) is 0 Å². The normalized spacial score (nSPS) is 10.9. The third-order valence-corrected chi connectivity index (χ3v) is 6.40. The van der Waals surface area contributed by atoms with E-state index in [9.17, 15) is 13.2 Å². The van der Waals surface area contributed by atoms with E-state index < -0.39 is 22.5 Å². The van der Waals surface area contributed by atoms with E-state index in [1.54, 1.807) is 54.6 Å². The summed E-state index contributed by atoms with van der Waals surface area (Å²) in [7, 11) is -0.996. The zero-order chi connectivity index (χ0) is 22.4. The largest absolute Gasteiger partial charge is 0.497 e. The van der Waals surface area contributed by atoms with Crippen LogP contribution < -0.4 is 19.1 Å². The van der Waals surface area contributed by atoms with Gasteiger partial charge in [0.15, 0.2) is 0 Å². The molecule has 0 aliphatic rings. The van der Waals surface area contributed by atoms with E-state index >= 15 is 0 Å². The SMILES string of the molecule is COc1ccc(S(=O)(=O)N(CC(=O)Nc2cc(C)ccc2OC)c2ccccc2)cc1. The van der Waals surface area contributed by atoms with Gasteiger partial charge < -0.3 is 14.8 Å². The van der Waals surface area contributed by atoms with E-state index in [0.29, 0.717) is 22.9 Å². The lowest BCUT2D eigenvalue weighted by molar-refractivity contribution is -0.114. The van der Waals surface area contributed by atoms with Gasteiger partial charge in [0.05, 0.1) is 30.5 Å². The van der Waals surface area contributed by atoms with Gasteiger partial charge in [0, 0.05) is 0 Å². The lowest BCUT2D eigenvalue weighted by Gasteiger charge is -2.24. The number of aryl methyl sites for hydroxylation is 1. The topological polar surface area (TPSA) is 84.9 Å². The first-order chi connectivity index (χ1) is 14.8. The number of nitrogens with one attached hydrogen (secondary N) is 1. The molecule has 0 unspecified atom stereocenters. The molecule has 0 bridgehead atoms. The van der Waals surface area contributed by atoms with Gasteiger partial charge in [0.2, 0.25) is 5.91 Å². The van der Waals surface area contributed by atoms with E-state index in [2.05, 4.69) is 5.32 Å². The van der Waals surface area contributed by atoms with Crippen LogP contribution in [0.15, 0.2) is 77.7 Å². The van der Waals surface area contributed by atoms with Crippen LogP contribution >= 0.6 is 0 Å². The Labute approximate surface area is 182 Å². The summed E-state index contributed by atoms with van der Waals surface area (Å²) < 4.78 is 38.2. The molecule has 0 atom stereocenters. The molecule has 0 saturated carbocycles. The number of carbonyl (C=O) groups is 1. The summed E-state index contributed by atoms with van der Waals surface area (Å²) in [6.45, 7) is 1.48. The van der Waals surface area contributed by atoms with Crippen molar-refractivity contribution < 1.29 is 22.7 Å². The van der Waals surface area contributed by atoms with Crippen LogP contribution in [0.1, 0.15) is 5.56 Å². The van der Waals surface area contributed by atoms with Gasteiger partial charge >= 0.3 is 0 Å². The van der Waals surface area contributed by atoms with E-state index in [1.807, 2.05) is 13.0 Å². The molecule has 7 nitrogen and oxygen atoms in total. The molecule has 8 heteroatoms. The number of rotatable bonds is 8. The van der Waals surface area contributed by atoms with Crippen molar-refractivity contribution in [2.24, 2.45) is 0 Å².